The number of thiazole rings is 1. The Morgan fingerprint density at radius 2 is 1.88 bits per heavy atom. The van der Waals surface area contributed by atoms with Crippen molar-refractivity contribution < 1.29 is 17.9 Å². The third-order valence-electron chi connectivity index (χ3n) is 5.10. The number of hydrogen-bond acceptors (Lipinski definition) is 6. The van der Waals surface area contributed by atoms with E-state index in [1.807, 2.05) is 31.2 Å². The third kappa shape index (κ3) is 4.84. The molecule has 0 atom stereocenters. The minimum atomic E-state index is -3.20. The third-order valence-corrected chi connectivity index (χ3v) is 7.85. The summed E-state index contributed by atoms with van der Waals surface area (Å²) in [5, 5.41) is 3.33. The summed E-state index contributed by atoms with van der Waals surface area (Å²) in [6, 6.07) is 14.7. The van der Waals surface area contributed by atoms with Crippen LogP contribution in [0.25, 0.3) is 17.3 Å². The molecule has 3 aromatic rings. The number of hydrogen-bond donors (Lipinski definition) is 1. The first-order chi connectivity index (χ1) is 15.4. The zero-order valence-electron chi connectivity index (χ0n) is 17.7. The molecule has 0 bridgehead atoms. The van der Waals surface area contributed by atoms with Gasteiger partial charge in [0.25, 0.3) is 0 Å². The average molecular weight is 470 g/mol. The lowest BCUT2D eigenvalue weighted by Gasteiger charge is -2.16. The highest BCUT2D eigenvalue weighted by Gasteiger charge is 2.28. The molecule has 1 aliphatic heterocycles. The predicted octanol–water partition coefficient (Wildman–Crippen LogP) is 4.32. The second-order valence-electron chi connectivity index (χ2n) is 7.31. The summed E-state index contributed by atoms with van der Waals surface area (Å²) >= 11 is 1.41. The van der Waals surface area contributed by atoms with E-state index in [0.717, 1.165) is 27.4 Å². The number of rotatable bonds is 6. The average Bonchev–Trinajstić information content (AvgIpc) is 3.33. The molecule has 1 saturated heterocycles. The molecule has 0 unspecified atom stereocenters. The van der Waals surface area contributed by atoms with Crippen LogP contribution in [0, 0.1) is 6.92 Å². The molecule has 0 aliphatic carbocycles. The van der Waals surface area contributed by atoms with Gasteiger partial charge in [0.05, 0.1) is 24.2 Å². The smallest absolute Gasteiger partial charge is 0.250 e. The molecule has 1 aromatic heterocycles. The number of aryl methyl sites for hydroxylation is 1. The highest BCUT2D eigenvalue weighted by atomic mass is 32.2. The maximum atomic E-state index is 12.4. The van der Waals surface area contributed by atoms with E-state index >= 15 is 0 Å². The Labute approximate surface area is 191 Å². The fourth-order valence-corrected chi connectivity index (χ4v) is 5.87. The lowest BCUT2D eigenvalue weighted by molar-refractivity contribution is -0.111. The number of methoxy groups -OCH3 is 1. The van der Waals surface area contributed by atoms with Gasteiger partial charge in [-0.2, -0.15) is 0 Å². The van der Waals surface area contributed by atoms with Gasteiger partial charge in [-0.25, -0.2) is 13.4 Å². The van der Waals surface area contributed by atoms with Crippen molar-refractivity contribution in [3.8, 4) is 17.0 Å². The number of aromatic nitrogens is 1. The number of sulfonamides is 1. The normalized spacial score (nSPS) is 15.2. The van der Waals surface area contributed by atoms with Crippen LogP contribution in [0.15, 0.2) is 54.6 Å². The van der Waals surface area contributed by atoms with Crippen molar-refractivity contribution >= 4 is 44.2 Å². The number of nitrogens with zero attached hydrogens (tertiary/aromatic N) is 2. The molecule has 2 aromatic carbocycles. The first-order valence-corrected chi connectivity index (χ1v) is 12.5. The first-order valence-electron chi connectivity index (χ1n) is 10.1. The molecule has 1 aliphatic rings. The van der Waals surface area contributed by atoms with Gasteiger partial charge >= 0.3 is 0 Å². The SMILES string of the molecule is COc1ccc(-c2nc(NC(=O)/C=C/c3ccc(N4CCCS4(=O)=O)cc3)sc2C)cc1. The van der Waals surface area contributed by atoms with E-state index in [1.54, 1.807) is 37.5 Å². The molecule has 1 fully saturated rings. The van der Waals surface area contributed by atoms with Crippen LogP contribution in [0.4, 0.5) is 10.8 Å². The predicted molar refractivity (Wildman–Crippen MR) is 129 cm³/mol. The Bertz CT molecular complexity index is 1250. The van der Waals surface area contributed by atoms with E-state index in [1.165, 1.54) is 21.7 Å². The van der Waals surface area contributed by atoms with Gasteiger partial charge in [-0.3, -0.25) is 14.4 Å². The van der Waals surface area contributed by atoms with Gasteiger partial charge in [0, 0.05) is 23.1 Å². The van der Waals surface area contributed by atoms with Gasteiger partial charge in [-0.15, -0.1) is 11.3 Å². The van der Waals surface area contributed by atoms with Crippen LogP contribution in [0.2, 0.25) is 0 Å². The van der Waals surface area contributed by atoms with Crippen LogP contribution in [0.3, 0.4) is 0 Å². The Morgan fingerprint density at radius 3 is 2.50 bits per heavy atom. The van der Waals surface area contributed by atoms with E-state index in [-0.39, 0.29) is 11.7 Å². The maximum absolute atomic E-state index is 12.4. The molecular weight excluding hydrogens is 446 g/mol. The van der Waals surface area contributed by atoms with Crippen LogP contribution in [0.5, 0.6) is 5.75 Å². The number of amides is 1. The topological polar surface area (TPSA) is 88.6 Å². The van der Waals surface area contributed by atoms with Crippen molar-refractivity contribution in [3.63, 3.8) is 0 Å². The van der Waals surface area contributed by atoms with E-state index in [4.69, 9.17) is 4.74 Å². The largest absolute Gasteiger partial charge is 0.497 e. The molecule has 1 N–H and O–H groups in total. The van der Waals surface area contributed by atoms with Gasteiger partial charge in [-0.1, -0.05) is 12.1 Å². The van der Waals surface area contributed by atoms with Gasteiger partial charge in [0.15, 0.2) is 5.13 Å². The van der Waals surface area contributed by atoms with Crippen LogP contribution in [-0.2, 0) is 14.8 Å². The maximum Gasteiger partial charge on any atom is 0.250 e. The molecule has 0 radical (unpaired) electrons. The number of anilines is 2. The van der Waals surface area contributed by atoms with Crippen molar-refractivity contribution in [3.05, 3.63) is 65.0 Å². The van der Waals surface area contributed by atoms with Crippen molar-refractivity contribution in [2.45, 2.75) is 13.3 Å². The van der Waals surface area contributed by atoms with Crippen LogP contribution in [-0.4, -0.2) is 38.7 Å². The Balaban J connectivity index is 1.40. The first kappa shape index (κ1) is 22.0. The fourth-order valence-electron chi connectivity index (χ4n) is 3.47. The summed E-state index contributed by atoms with van der Waals surface area (Å²) in [6.45, 7) is 2.47. The number of carbonyl (C=O) groups excluding carboxylic acids is 1. The summed E-state index contributed by atoms with van der Waals surface area (Å²) < 4.78 is 30.7. The van der Waals surface area contributed by atoms with Crippen molar-refractivity contribution in [1.82, 2.24) is 4.98 Å². The van der Waals surface area contributed by atoms with Gasteiger partial charge in [0.1, 0.15) is 5.75 Å². The number of ether oxygens (including phenoxy) is 1. The van der Waals surface area contributed by atoms with Crippen LogP contribution in [0.1, 0.15) is 16.9 Å². The van der Waals surface area contributed by atoms with Crippen LogP contribution >= 0.6 is 11.3 Å². The molecule has 166 valence electrons. The van der Waals surface area contributed by atoms with E-state index < -0.39 is 10.0 Å². The summed E-state index contributed by atoms with van der Waals surface area (Å²) in [5.74, 6) is 0.673. The van der Waals surface area contributed by atoms with Crippen molar-refractivity contribution in [2.24, 2.45) is 0 Å². The standard InChI is InChI=1S/C23H23N3O4S2/c1-16-22(18-7-11-20(30-2)12-8-18)25-23(31-16)24-21(27)13-6-17-4-9-19(10-5-17)26-14-3-15-32(26,28)29/h4-13H,3,14-15H2,1-2H3,(H,24,25,27)/b13-6+. The molecule has 2 heterocycles. The molecule has 9 heteroatoms. The lowest BCUT2D eigenvalue weighted by atomic mass is 10.1. The Kier molecular flexibility index (Phi) is 6.29. The van der Waals surface area contributed by atoms with E-state index in [0.29, 0.717) is 23.8 Å². The molecule has 0 saturated carbocycles. The number of benzene rings is 2. The lowest BCUT2D eigenvalue weighted by Crippen LogP contribution is -2.24. The highest BCUT2D eigenvalue weighted by molar-refractivity contribution is 7.93. The summed E-state index contributed by atoms with van der Waals surface area (Å²) in [4.78, 5) is 17.9. The fraction of sp³-hybridized carbons (Fsp3) is 0.217. The molecule has 32 heavy (non-hydrogen) atoms. The minimum Gasteiger partial charge on any atom is -0.497 e. The summed E-state index contributed by atoms with van der Waals surface area (Å²) in [5.41, 5.74) is 3.23. The second-order valence-corrected chi connectivity index (χ2v) is 10.5. The second kappa shape index (κ2) is 9.13. The number of nitrogens with one attached hydrogen (secondary N) is 1. The molecule has 1 amide bonds. The van der Waals surface area contributed by atoms with Gasteiger partial charge in [0.2, 0.25) is 15.9 Å². The molecular formula is C23H23N3O4S2. The van der Waals surface area contributed by atoms with Crippen molar-refractivity contribution in [2.75, 3.05) is 29.0 Å². The Morgan fingerprint density at radius 1 is 1.16 bits per heavy atom. The van der Waals surface area contributed by atoms with E-state index in [9.17, 15) is 13.2 Å². The summed E-state index contributed by atoms with van der Waals surface area (Å²) in [6.07, 6.45) is 3.76. The molecule has 4 rings (SSSR count). The zero-order valence-corrected chi connectivity index (χ0v) is 19.4. The quantitative estimate of drug-likeness (QED) is 0.543. The molecule has 7 nitrogen and oxygen atoms in total. The van der Waals surface area contributed by atoms with Gasteiger partial charge < -0.3 is 4.74 Å². The minimum absolute atomic E-state index is 0.186. The van der Waals surface area contributed by atoms with Crippen molar-refractivity contribution in [1.29, 1.82) is 0 Å². The number of carbonyl (C=O) groups is 1. The van der Waals surface area contributed by atoms with E-state index in [2.05, 4.69) is 10.3 Å². The Hall–Kier alpha value is -3.17. The monoisotopic (exact) mass is 469 g/mol. The highest BCUT2D eigenvalue weighted by Crippen LogP contribution is 2.31. The summed E-state index contributed by atoms with van der Waals surface area (Å²) in [7, 11) is -1.58. The zero-order chi connectivity index (χ0) is 22.7. The van der Waals surface area contributed by atoms with Gasteiger partial charge in [-0.05, 0) is 61.4 Å². The molecule has 0 spiro atoms. The van der Waals surface area contributed by atoms with Crippen LogP contribution < -0.4 is 14.4 Å².